The van der Waals surface area contributed by atoms with Crippen LogP contribution in [0.2, 0.25) is 0 Å². The SMILES string of the molecule is NC(=NCC12CC3CC(CC(O)(C3)C1)C2)C(F)(F)S(=O)(=O)O. The minimum absolute atomic E-state index is 0.0424. The molecule has 4 N–H and O–H groups in total. The minimum Gasteiger partial charge on any atom is -0.390 e. The Labute approximate surface area is 127 Å². The van der Waals surface area contributed by atoms with Crippen LogP contribution in [0, 0.1) is 17.3 Å². The van der Waals surface area contributed by atoms with Crippen molar-refractivity contribution >= 4 is 16.0 Å². The van der Waals surface area contributed by atoms with Gasteiger partial charge in [0.2, 0.25) is 0 Å². The van der Waals surface area contributed by atoms with Gasteiger partial charge >= 0.3 is 15.4 Å². The largest absolute Gasteiger partial charge is 0.425 e. The summed E-state index contributed by atoms with van der Waals surface area (Å²) in [4.78, 5) is 3.58. The number of nitrogens with two attached hydrogens (primary N) is 1. The molecule has 9 heteroatoms. The van der Waals surface area contributed by atoms with Crippen molar-refractivity contribution in [1.82, 2.24) is 0 Å². The summed E-state index contributed by atoms with van der Waals surface area (Å²) in [5.74, 6) is -0.660. The number of aliphatic hydroxyl groups is 1. The van der Waals surface area contributed by atoms with E-state index in [2.05, 4.69) is 4.99 Å². The van der Waals surface area contributed by atoms with E-state index in [9.17, 15) is 22.3 Å². The Kier molecular flexibility index (Phi) is 3.37. The summed E-state index contributed by atoms with van der Waals surface area (Å²) in [7, 11) is -5.63. The van der Waals surface area contributed by atoms with Gasteiger partial charge in [-0.05, 0) is 55.8 Å². The highest BCUT2D eigenvalue weighted by Crippen LogP contribution is 2.61. The molecular formula is C13H20F2N2O4S. The molecule has 22 heavy (non-hydrogen) atoms. The molecule has 0 heterocycles. The number of hydrogen-bond donors (Lipinski definition) is 3. The van der Waals surface area contributed by atoms with Gasteiger partial charge in [0.1, 0.15) is 0 Å². The van der Waals surface area contributed by atoms with Crippen LogP contribution in [0.15, 0.2) is 4.99 Å². The Morgan fingerprint density at radius 2 is 1.82 bits per heavy atom. The molecule has 2 atom stereocenters. The van der Waals surface area contributed by atoms with E-state index >= 15 is 0 Å². The van der Waals surface area contributed by atoms with Crippen LogP contribution in [0.5, 0.6) is 0 Å². The van der Waals surface area contributed by atoms with Crippen molar-refractivity contribution in [3.8, 4) is 0 Å². The Morgan fingerprint density at radius 1 is 1.27 bits per heavy atom. The maximum atomic E-state index is 13.4. The first-order valence-corrected chi connectivity index (χ1v) is 8.76. The lowest BCUT2D eigenvalue weighted by atomic mass is 9.48. The van der Waals surface area contributed by atoms with E-state index in [0.717, 1.165) is 32.1 Å². The third-order valence-electron chi connectivity index (χ3n) is 5.36. The van der Waals surface area contributed by atoms with Crippen molar-refractivity contribution in [3.05, 3.63) is 0 Å². The molecule has 0 aromatic rings. The molecule has 126 valence electrons. The number of alkyl halides is 2. The summed E-state index contributed by atoms with van der Waals surface area (Å²) in [6, 6.07) is 0. The lowest BCUT2D eigenvalue weighted by Crippen LogP contribution is -2.56. The van der Waals surface area contributed by atoms with E-state index in [-0.39, 0.29) is 6.54 Å². The monoisotopic (exact) mass is 338 g/mol. The first-order chi connectivity index (χ1) is 9.95. The molecule has 4 rings (SSSR count). The maximum absolute atomic E-state index is 13.4. The second kappa shape index (κ2) is 4.61. The van der Waals surface area contributed by atoms with Gasteiger partial charge in [-0.25, -0.2) is 0 Å². The molecule has 4 fully saturated rings. The number of amidine groups is 1. The van der Waals surface area contributed by atoms with Gasteiger partial charge in [0, 0.05) is 6.54 Å². The summed E-state index contributed by atoms with van der Waals surface area (Å²) in [6.45, 7) is -0.0424. The predicted octanol–water partition coefficient (Wildman–Crippen LogP) is 1.16. The predicted molar refractivity (Wildman–Crippen MR) is 75.0 cm³/mol. The molecule has 4 bridgehead atoms. The van der Waals surface area contributed by atoms with Crippen molar-refractivity contribution < 1.29 is 26.9 Å². The van der Waals surface area contributed by atoms with E-state index < -0.39 is 32.2 Å². The number of rotatable bonds is 4. The molecular weight excluding hydrogens is 318 g/mol. The van der Waals surface area contributed by atoms with Gasteiger partial charge in [-0.1, -0.05) is 0 Å². The number of nitrogens with zero attached hydrogens (tertiary/aromatic N) is 1. The van der Waals surface area contributed by atoms with Crippen molar-refractivity contribution in [1.29, 1.82) is 0 Å². The van der Waals surface area contributed by atoms with E-state index in [1.54, 1.807) is 0 Å². The van der Waals surface area contributed by atoms with Crippen molar-refractivity contribution in [2.75, 3.05) is 6.54 Å². The van der Waals surface area contributed by atoms with Crippen LogP contribution in [0.4, 0.5) is 8.78 Å². The molecule has 0 saturated heterocycles. The highest BCUT2D eigenvalue weighted by molar-refractivity contribution is 7.87. The highest BCUT2D eigenvalue weighted by atomic mass is 32.2. The Bertz CT molecular complexity index is 606. The van der Waals surface area contributed by atoms with Gasteiger partial charge in [-0.3, -0.25) is 9.55 Å². The van der Waals surface area contributed by atoms with E-state index in [0.29, 0.717) is 18.3 Å². The topological polar surface area (TPSA) is 113 Å². The zero-order chi connectivity index (χ0) is 16.4. The van der Waals surface area contributed by atoms with Gasteiger partial charge in [0.15, 0.2) is 5.84 Å². The Hall–Kier alpha value is -0.800. The Morgan fingerprint density at radius 3 is 2.27 bits per heavy atom. The van der Waals surface area contributed by atoms with Gasteiger partial charge < -0.3 is 10.8 Å². The van der Waals surface area contributed by atoms with Crippen molar-refractivity contribution in [3.63, 3.8) is 0 Å². The van der Waals surface area contributed by atoms with Gasteiger partial charge in [-0.2, -0.15) is 17.2 Å². The van der Waals surface area contributed by atoms with Crippen LogP contribution < -0.4 is 5.73 Å². The molecule has 0 amide bonds. The standard InChI is InChI=1S/C13H20F2N2O4S/c14-13(15,22(19,20)21)10(16)17-7-11-2-8-1-9(3-11)5-12(18,4-8)6-11/h8-9,18H,1-7H2,(H2,16,17)(H,19,20,21). The summed E-state index contributed by atoms with van der Waals surface area (Å²) in [6.07, 6.45) is 4.60. The summed E-state index contributed by atoms with van der Waals surface area (Å²) in [5, 5.41) is 5.98. The molecule has 4 aliphatic carbocycles. The fourth-order valence-electron chi connectivity index (χ4n) is 5.06. The molecule has 4 aliphatic rings. The van der Waals surface area contributed by atoms with Crippen LogP contribution in [0.25, 0.3) is 0 Å². The molecule has 0 spiro atoms. The second-order valence-corrected chi connectivity index (χ2v) is 8.84. The molecule has 2 unspecified atom stereocenters. The number of halogens is 2. The molecule has 4 saturated carbocycles. The molecule has 0 aliphatic heterocycles. The summed E-state index contributed by atoms with van der Waals surface area (Å²) in [5.41, 5.74) is 3.96. The lowest BCUT2D eigenvalue weighted by molar-refractivity contribution is -0.160. The highest BCUT2D eigenvalue weighted by Gasteiger charge is 2.57. The van der Waals surface area contributed by atoms with E-state index in [4.69, 9.17) is 10.3 Å². The Balaban J connectivity index is 1.80. The number of hydrogen-bond acceptors (Lipinski definition) is 4. The minimum atomic E-state index is -5.63. The molecule has 0 radical (unpaired) electrons. The van der Waals surface area contributed by atoms with Crippen LogP contribution >= 0.6 is 0 Å². The van der Waals surface area contributed by atoms with Gasteiger partial charge in [-0.15, -0.1) is 0 Å². The zero-order valence-electron chi connectivity index (χ0n) is 12.0. The van der Waals surface area contributed by atoms with Crippen LogP contribution in [0.1, 0.15) is 38.5 Å². The van der Waals surface area contributed by atoms with E-state index in [1.807, 2.05) is 0 Å². The maximum Gasteiger partial charge on any atom is 0.425 e. The average molecular weight is 338 g/mol. The van der Waals surface area contributed by atoms with Crippen molar-refractivity contribution in [2.24, 2.45) is 28.0 Å². The molecule has 0 aromatic heterocycles. The molecule has 0 aromatic carbocycles. The normalized spacial score (nSPS) is 41.9. The van der Waals surface area contributed by atoms with Crippen LogP contribution in [-0.4, -0.2) is 41.3 Å². The van der Waals surface area contributed by atoms with Gasteiger partial charge in [0.25, 0.3) is 0 Å². The van der Waals surface area contributed by atoms with E-state index in [1.165, 1.54) is 0 Å². The van der Waals surface area contributed by atoms with Crippen molar-refractivity contribution in [2.45, 2.75) is 49.4 Å². The first-order valence-electron chi connectivity index (χ1n) is 7.32. The van der Waals surface area contributed by atoms with Gasteiger partial charge in [0.05, 0.1) is 5.60 Å². The fourth-order valence-corrected chi connectivity index (χ4v) is 5.39. The smallest absolute Gasteiger partial charge is 0.390 e. The zero-order valence-corrected chi connectivity index (χ0v) is 12.8. The second-order valence-electron chi connectivity index (χ2n) is 7.38. The first kappa shape index (κ1) is 16.1. The van der Waals surface area contributed by atoms with Crippen LogP contribution in [-0.2, 0) is 10.1 Å². The third-order valence-corrected chi connectivity index (χ3v) is 6.22. The average Bonchev–Trinajstić information content (AvgIpc) is 2.31. The summed E-state index contributed by atoms with van der Waals surface area (Å²) < 4.78 is 56.7. The molecule has 6 nitrogen and oxygen atoms in total. The third kappa shape index (κ3) is 2.52. The summed E-state index contributed by atoms with van der Waals surface area (Å²) >= 11 is 0. The van der Waals surface area contributed by atoms with Crippen LogP contribution in [0.3, 0.4) is 0 Å². The number of aliphatic imine (C=N–C) groups is 1. The lowest BCUT2D eigenvalue weighted by Gasteiger charge is -2.60. The quantitative estimate of drug-likeness (QED) is 0.404. The fraction of sp³-hybridized carbons (Fsp3) is 0.923.